The minimum atomic E-state index is -0.418. The zero-order valence-corrected chi connectivity index (χ0v) is 7.92. The number of hydrogen-bond donors (Lipinski definition) is 2. The van der Waals surface area contributed by atoms with Gasteiger partial charge in [0.2, 0.25) is 0 Å². The Balaban J connectivity index is 2.24. The van der Waals surface area contributed by atoms with Crippen molar-refractivity contribution in [3.63, 3.8) is 0 Å². The van der Waals surface area contributed by atoms with Gasteiger partial charge >= 0.3 is 0 Å². The number of rotatable bonds is 1. The number of nitriles is 1. The molecular formula is C10H9FN4. The van der Waals surface area contributed by atoms with Gasteiger partial charge in [-0.1, -0.05) is 0 Å². The van der Waals surface area contributed by atoms with Gasteiger partial charge in [0.05, 0.1) is 17.8 Å². The summed E-state index contributed by atoms with van der Waals surface area (Å²) in [7, 11) is 0. The fourth-order valence-electron chi connectivity index (χ4n) is 1.33. The second-order valence-corrected chi connectivity index (χ2v) is 3.08. The van der Waals surface area contributed by atoms with Gasteiger partial charge in [-0.2, -0.15) is 5.26 Å². The first-order chi connectivity index (χ1) is 7.29. The lowest BCUT2D eigenvalue weighted by Gasteiger charge is -2.07. The Bertz CT molecular complexity index is 447. The largest absolute Gasteiger partial charge is 0.354 e. The number of halogens is 1. The Morgan fingerprint density at radius 1 is 1.53 bits per heavy atom. The van der Waals surface area contributed by atoms with Gasteiger partial charge in [0.25, 0.3) is 0 Å². The Kier molecular flexibility index (Phi) is 2.50. The Morgan fingerprint density at radius 3 is 3.07 bits per heavy atom. The molecule has 2 rings (SSSR count). The molecule has 2 N–H and O–H groups in total. The van der Waals surface area contributed by atoms with Crippen molar-refractivity contribution in [2.45, 2.75) is 0 Å². The lowest BCUT2D eigenvalue weighted by Crippen LogP contribution is -2.26. The molecule has 1 aromatic rings. The number of anilines is 1. The van der Waals surface area contributed by atoms with E-state index in [0.717, 1.165) is 6.54 Å². The maximum Gasteiger partial charge on any atom is 0.195 e. The van der Waals surface area contributed by atoms with E-state index in [1.807, 2.05) is 6.07 Å². The average molecular weight is 204 g/mol. The fraction of sp³-hybridized carbons (Fsp3) is 0.200. The molecule has 5 heteroatoms. The van der Waals surface area contributed by atoms with Crippen LogP contribution in [0, 0.1) is 17.1 Å². The van der Waals surface area contributed by atoms with Crippen LogP contribution in [-0.2, 0) is 0 Å². The Labute approximate surface area is 86.4 Å². The van der Waals surface area contributed by atoms with Crippen LogP contribution in [-0.4, -0.2) is 19.0 Å². The molecule has 1 aliphatic heterocycles. The summed E-state index contributed by atoms with van der Waals surface area (Å²) in [6, 6.07) is 5.95. The highest BCUT2D eigenvalue weighted by atomic mass is 19.1. The summed E-state index contributed by atoms with van der Waals surface area (Å²) in [6.45, 7) is 1.50. The van der Waals surface area contributed by atoms with Gasteiger partial charge in [0.1, 0.15) is 11.9 Å². The van der Waals surface area contributed by atoms with E-state index in [-0.39, 0.29) is 5.56 Å². The molecule has 1 aromatic carbocycles. The molecule has 1 heterocycles. The first-order valence-corrected chi connectivity index (χ1v) is 4.54. The molecule has 0 unspecified atom stereocenters. The van der Waals surface area contributed by atoms with Gasteiger partial charge in [-0.3, -0.25) is 4.99 Å². The van der Waals surface area contributed by atoms with Gasteiger partial charge in [-0.05, 0) is 18.2 Å². The summed E-state index contributed by atoms with van der Waals surface area (Å²) in [4.78, 5) is 4.12. The van der Waals surface area contributed by atoms with Crippen LogP contribution < -0.4 is 10.6 Å². The lowest BCUT2D eigenvalue weighted by molar-refractivity contribution is 0.627. The van der Waals surface area contributed by atoms with Crippen molar-refractivity contribution >= 4 is 11.6 Å². The number of nitrogens with one attached hydrogen (secondary N) is 2. The quantitative estimate of drug-likeness (QED) is 0.719. The van der Waals surface area contributed by atoms with Crippen molar-refractivity contribution in [3.05, 3.63) is 29.6 Å². The summed E-state index contributed by atoms with van der Waals surface area (Å²) in [5.41, 5.74) is 0.832. The molecule has 4 nitrogen and oxygen atoms in total. The highest BCUT2D eigenvalue weighted by Crippen LogP contribution is 2.15. The third-order valence-electron chi connectivity index (χ3n) is 2.03. The standard InChI is InChI=1S/C10H9FN4/c11-8-1-2-9(7(5-8)6-12)15-10-13-3-4-14-10/h1-2,5H,3-4H2,(H2,13,14,15). The predicted octanol–water partition coefficient (Wildman–Crippen LogP) is 1.07. The third-order valence-corrected chi connectivity index (χ3v) is 2.03. The molecule has 0 saturated carbocycles. The smallest absolute Gasteiger partial charge is 0.195 e. The van der Waals surface area contributed by atoms with E-state index in [1.54, 1.807) is 0 Å². The van der Waals surface area contributed by atoms with Crippen LogP contribution in [0.5, 0.6) is 0 Å². The number of hydrogen-bond acceptors (Lipinski definition) is 4. The van der Waals surface area contributed by atoms with Crippen LogP contribution >= 0.6 is 0 Å². The first kappa shape index (κ1) is 9.46. The fourth-order valence-corrected chi connectivity index (χ4v) is 1.33. The molecule has 0 saturated heterocycles. The summed E-state index contributed by atoms with van der Waals surface area (Å²) in [6.07, 6.45) is 0. The maximum atomic E-state index is 12.8. The summed E-state index contributed by atoms with van der Waals surface area (Å²) in [5.74, 6) is 0.205. The number of nitrogens with zero attached hydrogens (tertiary/aromatic N) is 2. The molecule has 0 atom stereocenters. The summed E-state index contributed by atoms with van der Waals surface area (Å²) < 4.78 is 12.8. The zero-order chi connectivity index (χ0) is 10.7. The molecule has 15 heavy (non-hydrogen) atoms. The van der Waals surface area contributed by atoms with Gasteiger partial charge < -0.3 is 10.6 Å². The molecule has 0 fully saturated rings. The lowest BCUT2D eigenvalue weighted by atomic mass is 10.2. The van der Waals surface area contributed by atoms with Crippen molar-refractivity contribution in [2.75, 3.05) is 18.4 Å². The van der Waals surface area contributed by atoms with Gasteiger partial charge in [0, 0.05) is 6.54 Å². The second-order valence-electron chi connectivity index (χ2n) is 3.08. The maximum absolute atomic E-state index is 12.8. The van der Waals surface area contributed by atoms with Crippen molar-refractivity contribution in [1.82, 2.24) is 5.32 Å². The highest BCUT2D eigenvalue weighted by molar-refractivity contribution is 5.95. The van der Waals surface area contributed by atoms with E-state index in [4.69, 9.17) is 5.26 Å². The molecule has 0 aliphatic carbocycles. The Hall–Kier alpha value is -2.09. The van der Waals surface area contributed by atoms with Crippen LogP contribution in [0.15, 0.2) is 23.2 Å². The van der Waals surface area contributed by atoms with Crippen LogP contribution in [0.1, 0.15) is 5.56 Å². The molecular weight excluding hydrogens is 195 g/mol. The molecule has 0 bridgehead atoms. The Morgan fingerprint density at radius 2 is 2.40 bits per heavy atom. The van der Waals surface area contributed by atoms with E-state index >= 15 is 0 Å². The highest BCUT2D eigenvalue weighted by Gasteiger charge is 2.08. The number of guanidine groups is 1. The predicted molar refractivity (Wildman–Crippen MR) is 55.0 cm³/mol. The van der Waals surface area contributed by atoms with Crippen LogP contribution in [0.2, 0.25) is 0 Å². The summed E-state index contributed by atoms with van der Waals surface area (Å²) >= 11 is 0. The van der Waals surface area contributed by atoms with E-state index in [2.05, 4.69) is 15.6 Å². The van der Waals surface area contributed by atoms with E-state index in [0.29, 0.717) is 18.2 Å². The normalized spacial score (nSPS) is 14.0. The van der Waals surface area contributed by atoms with Crippen molar-refractivity contribution in [1.29, 1.82) is 5.26 Å². The van der Waals surface area contributed by atoms with E-state index < -0.39 is 5.82 Å². The monoisotopic (exact) mass is 204 g/mol. The first-order valence-electron chi connectivity index (χ1n) is 4.54. The second kappa shape index (κ2) is 3.96. The van der Waals surface area contributed by atoms with Crippen LogP contribution in [0.4, 0.5) is 10.1 Å². The average Bonchev–Trinajstić information content (AvgIpc) is 2.73. The number of benzene rings is 1. The van der Waals surface area contributed by atoms with Gasteiger partial charge in [-0.25, -0.2) is 4.39 Å². The van der Waals surface area contributed by atoms with Crippen LogP contribution in [0.25, 0.3) is 0 Å². The van der Waals surface area contributed by atoms with E-state index in [9.17, 15) is 4.39 Å². The SMILES string of the molecule is N#Cc1cc(F)ccc1NC1=NCCN1. The third kappa shape index (κ3) is 2.05. The molecule has 0 spiro atoms. The van der Waals surface area contributed by atoms with Crippen molar-refractivity contribution < 1.29 is 4.39 Å². The van der Waals surface area contributed by atoms with Gasteiger partial charge in [-0.15, -0.1) is 0 Å². The van der Waals surface area contributed by atoms with E-state index in [1.165, 1.54) is 18.2 Å². The summed E-state index contributed by atoms with van der Waals surface area (Å²) in [5, 5.41) is 14.7. The topological polar surface area (TPSA) is 60.2 Å². The minimum Gasteiger partial charge on any atom is -0.354 e. The number of aliphatic imine (C=N–C) groups is 1. The van der Waals surface area contributed by atoms with Crippen molar-refractivity contribution in [2.24, 2.45) is 4.99 Å². The molecule has 76 valence electrons. The minimum absolute atomic E-state index is 0.270. The van der Waals surface area contributed by atoms with Gasteiger partial charge in [0.15, 0.2) is 5.96 Å². The van der Waals surface area contributed by atoms with Crippen molar-refractivity contribution in [3.8, 4) is 6.07 Å². The zero-order valence-electron chi connectivity index (χ0n) is 7.92. The molecule has 0 radical (unpaired) electrons. The molecule has 0 amide bonds. The molecule has 1 aliphatic rings. The van der Waals surface area contributed by atoms with Crippen LogP contribution in [0.3, 0.4) is 0 Å². The molecule has 0 aromatic heterocycles.